The summed E-state index contributed by atoms with van der Waals surface area (Å²) in [5.41, 5.74) is 0. The molecule has 0 fully saturated rings. The van der Waals surface area contributed by atoms with Gasteiger partial charge in [0.1, 0.15) is 0 Å². The van der Waals surface area contributed by atoms with Gasteiger partial charge in [0.15, 0.2) is 0 Å². The van der Waals surface area contributed by atoms with Gasteiger partial charge in [-0.15, -0.1) is 0 Å². The molecule has 0 rings (SSSR count). The maximum Gasteiger partial charge on any atom is 0.0875 e. The van der Waals surface area contributed by atoms with Gasteiger partial charge in [0, 0.05) is 12.5 Å². The number of aliphatic hydroxyl groups excluding tert-OH is 1. The molecule has 0 radical (unpaired) electrons. The molecular weight excluding hydrogens is 232 g/mol. The zero-order valence-electron chi connectivity index (χ0n) is 12.8. The first kappa shape index (κ1) is 18.1. The zero-order valence-corrected chi connectivity index (χ0v) is 12.8. The average molecular weight is 264 g/mol. The van der Waals surface area contributed by atoms with E-state index in [0.29, 0.717) is 0 Å². The minimum absolute atomic E-state index is 0.960. The van der Waals surface area contributed by atoms with Crippen molar-refractivity contribution in [1.29, 1.82) is 0 Å². The van der Waals surface area contributed by atoms with E-state index in [4.69, 9.17) is 5.11 Å². The third-order valence-electron chi connectivity index (χ3n) is 3.42. The van der Waals surface area contributed by atoms with Gasteiger partial charge in [-0.3, -0.25) is 0 Å². The Morgan fingerprint density at radius 1 is 0.737 bits per heavy atom. The Bertz CT molecular complexity index is 244. The van der Waals surface area contributed by atoms with Crippen LogP contribution >= 0.6 is 0 Å². The lowest BCUT2D eigenvalue weighted by molar-refractivity contribution is 0.474. The lowest BCUT2D eigenvalue weighted by atomic mass is 10.0. The van der Waals surface area contributed by atoms with E-state index >= 15 is 0 Å². The summed E-state index contributed by atoms with van der Waals surface area (Å²) in [5.74, 6) is 5.82. The Kier molecular flexibility index (Phi) is 16.3. The van der Waals surface area contributed by atoms with Crippen LogP contribution in [-0.4, -0.2) is 5.11 Å². The Morgan fingerprint density at radius 2 is 1.21 bits per heavy atom. The highest BCUT2D eigenvalue weighted by atomic mass is 16.2. The second kappa shape index (κ2) is 17.1. The number of hydrogen-bond acceptors (Lipinski definition) is 1. The van der Waals surface area contributed by atoms with Gasteiger partial charge in [-0.25, -0.2) is 0 Å². The molecule has 0 aliphatic carbocycles. The van der Waals surface area contributed by atoms with E-state index < -0.39 is 0 Å². The Labute approximate surface area is 120 Å². The Balaban J connectivity index is 3.01. The van der Waals surface area contributed by atoms with E-state index in [1.807, 2.05) is 0 Å². The number of aliphatic hydroxyl groups is 1. The van der Waals surface area contributed by atoms with E-state index in [1.54, 1.807) is 0 Å². The van der Waals surface area contributed by atoms with Gasteiger partial charge >= 0.3 is 0 Å². The second-order valence-corrected chi connectivity index (χ2v) is 5.28. The lowest BCUT2D eigenvalue weighted by Crippen LogP contribution is -1.82. The van der Waals surface area contributed by atoms with Gasteiger partial charge in [0.05, 0.1) is 6.26 Å². The van der Waals surface area contributed by atoms with E-state index in [-0.39, 0.29) is 0 Å². The van der Waals surface area contributed by atoms with Gasteiger partial charge < -0.3 is 5.11 Å². The second-order valence-electron chi connectivity index (χ2n) is 5.28. The molecule has 0 aliphatic heterocycles. The van der Waals surface area contributed by atoms with Crippen LogP contribution in [0.25, 0.3) is 0 Å². The summed E-state index contributed by atoms with van der Waals surface area (Å²) in [6, 6.07) is 0. The van der Waals surface area contributed by atoms with Crippen molar-refractivity contribution < 1.29 is 5.11 Å². The molecule has 1 nitrogen and oxygen atoms in total. The van der Waals surface area contributed by atoms with Crippen LogP contribution in [0.4, 0.5) is 0 Å². The third-order valence-corrected chi connectivity index (χ3v) is 3.42. The molecule has 0 aromatic carbocycles. The zero-order chi connectivity index (χ0) is 14.0. The number of rotatable bonds is 12. The molecule has 0 amide bonds. The summed E-state index contributed by atoms with van der Waals surface area (Å²) in [6.45, 7) is 2.27. The summed E-state index contributed by atoms with van der Waals surface area (Å²) in [6.07, 6.45) is 20.0. The molecule has 0 aliphatic rings. The van der Waals surface area contributed by atoms with Crippen molar-refractivity contribution in [3.8, 4) is 11.8 Å². The van der Waals surface area contributed by atoms with Gasteiger partial charge in [-0.1, -0.05) is 89.4 Å². The molecule has 1 heteroatoms. The minimum atomic E-state index is 0.960. The maximum atomic E-state index is 8.39. The normalized spacial score (nSPS) is 10.6. The number of allylic oxidation sites excluding steroid dienone is 1. The van der Waals surface area contributed by atoms with Crippen LogP contribution in [-0.2, 0) is 0 Å². The van der Waals surface area contributed by atoms with Crippen molar-refractivity contribution in [3.63, 3.8) is 0 Å². The van der Waals surface area contributed by atoms with E-state index in [1.165, 1.54) is 83.1 Å². The fourth-order valence-corrected chi connectivity index (χ4v) is 2.22. The molecule has 0 aromatic heterocycles. The van der Waals surface area contributed by atoms with Gasteiger partial charge in [-0.05, 0) is 6.42 Å². The monoisotopic (exact) mass is 264 g/mol. The lowest BCUT2D eigenvalue weighted by Gasteiger charge is -2.01. The van der Waals surface area contributed by atoms with Gasteiger partial charge in [0.25, 0.3) is 0 Å². The van der Waals surface area contributed by atoms with Crippen molar-refractivity contribution >= 4 is 0 Å². The van der Waals surface area contributed by atoms with Crippen LogP contribution < -0.4 is 0 Å². The van der Waals surface area contributed by atoms with Crippen molar-refractivity contribution in [3.05, 3.63) is 12.3 Å². The highest BCUT2D eigenvalue weighted by Gasteiger charge is 1.92. The molecule has 0 heterocycles. The quantitative estimate of drug-likeness (QED) is 0.254. The fourth-order valence-electron chi connectivity index (χ4n) is 2.22. The smallest absolute Gasteiger partial charge is 0.0875 e. The summed E-state index contributed by atoms with van der Waals surface area (Å²) in [7, 11) is 0. The maximum absolute atomic E-state index is 8.39. The molecule has 1 N–H and O–H groups in total. The first-order valence-electron chi connectivity index (χ1n) is 8.19. The molecule has 0 saturated heterocycles. The molecule has 0 atom stereocenters. The highest BCUT2D eigenvalue weighted by molar-refractivity contribution is 5.13. The summed E-state index contributed by atoms with van der Waals surface area (Å²) >= 11 is 0. The first-order chi connectivity index (χ1) is 9.41. The number of hydrogen-bond donors (Lipinski definition) is 1. The highest BCUT2D eigenvalue weighted by Crippen LogP contribution is 2.12. The Morgan fingerprint density at radius 3 is 1.68 bits per heavy atom. The van der Waals surface area contributed by atoms with Crippen molar-refractivity contribution in [2.45, 2.75) is 90.4 Å². The van der Waals surface area contributed by atoms with Gasteiger partial charge in [0.2, 0.25) is 0 Å². The predicted molar refractivity (Wildman–Crippen MR) is 85.2 cm³/mol. The van der Waals surface area contributed by atoms with Crippen LogP contribution in [0.15, 0.2) is 12.3 Å². The molecule has 0 bridgehead atoms. The van der Waals surface area contributed by atoms with Crippen LogP contribution in [0.1, 0.15) is 90.4 Å². The number of unbranched alkanes of at least 4 members (excludes halogenated alkanes) is 12. The third kappa shape index (κ3) is 17.1. The summed E-state index contributed by atoms with van der Waals surface area (Å²) in [5, 5.41) is 8.39. The summed E-state index contributed by atoms with van der Waals surface area (Å²) < 4.78 is 0. The van der Waals surface area contributed by atoms with Crippen LogP contribution in [0.3, 0.4) is 0 Å². The van der Waals surface area contributed by atoms with Crippen molar-refractivity contribution in [2.75, 3.05) is 0 Å². The van der Waals surface area contributed by atoms with E-state index in [2.05, 4.69) is 18.8 Å². The van der Waals surface area contributed by atoms with Crippen molar-refractivity contribution in [1.82, 2.24) is 0 Å². The SMILES string of the molecule is CCCCCCCCCCCCCCC#CC=CO. The Hall–Kier alpha value is -0.900. The van der Waals surface area contributed by atoms with Crippen LogP contribution in [0.5, 0.6) is 0 Å². The molecule has 110 valence electrons. The average Bonchev–Trinajstić information content (AvgIpc) is 2.43. The standard InChI is InChI=1S/C18H32O/c1-2-3-4-5-6-7-8-9-10-11-12-13-14-15-16-17-18-19/h17-19H,2-14H2,1H3. The molecule has 0 spiro atoms. The molecule has 0 saturated carbocycles. The molecular formula is C18H32O. The minimum Gasteiger partial charge on any atom is -0.515 e. The summed E-state index contributed by atoms with van der Waals surface area (Å²) in [4.78, 5) is 0. The fraction of sp³-hybridized carbons (Fsp3) is 0.778. The largest absolute Gasteiger partial charge is 0.515 e. The molecule has 0 aromatic rings. The van der Waals surface area contributed by atoms with E-state index in [0.717, 1.165) is 12.7 Å². The topological polar surface area (TPSA) is 20.2 Å². The van der Waals surface area contributed by atoms with Crippen LogP contribution in [0.2, 0.25) is 0 Å². The predicted octanol–water partition coefficient (Wildman–Crippen LogP) is 6.15. The van der Waals surface area contributed by atoms with Gasteiger partial charge in [-0.2, -0.15) is 0 Å². The van der Waals surface area contributed by atoms with Crippen LogP contribution in [0, 0.1) is 11.8 Å². The van der Waals surface area contributed by atoms with Crippen molar-refractivity contribution in [2.24, 2.45) is 0 Å². The van der Waals surface area contributed by atoms with E-state index in [9.17, 15) is 0 Å². The molecule has 0 unspecified atom stereocenters. The molecule has 19 heavy (non-hydrogen) atoms. The first-order valence-corrected chi connectivity index (χ1v) is 8.19.